The fourth-order valence-electron chi connectivity index (χ4n) is 6.26. The summed E-state index contributed by atoms with van der Waals surface area (Å²) in [7, 11) is 1.92. The number of likely N-dealkylation sites (tertiary alicyclic amines) is 1. The summed E-state index contributed by atoms with van der Waals surface area (Å²) >= 11 is 1.29. The van der Waals surface area contributed by atoms with Crippen LogP contribution in [0.4, 0.5) is 21.2 Å². The molecule has 0 aliphatic carbocycles. The van der Waals surface area contributed by atoms with Gasteiger partial charge in [0.1, 0.15) is 39.7 Å². The van der Waals surface area contributed by atoms with E-state index < -0.39 is 0 Å². The summed E-state index contributed by atoms with van der Waals surface area (Å²) in [6.45, 7) is 4.50. The molecule has 234 valence electrons. The third kappa shape index (κ3) is 5.46. The normalized spacial score (nSPS) is 15.6. The highest BCUT2D eigenvalue weighted by molar-refractivity contribution is 7.16. The lowest BCUT2D eigenvalue weighted by Crippen LogP contribution is -2.56. The van der Waals surface area contributed by atoms with Gasteiger partial charge in [-0.1, -0.05) is 18.3 Å². The van der Waals surface area contributed by atoms with E-state index >= 15 is 0 Å². The molecule has 7 rings (SSSR count). The van der Waals surface area contributed by atoms with E-state index in [1.165, 1.54) is 23.5 Å². The van der Waals surface area contributed by atoms with E-state index in [-0.39, 0.29) is 23.7 Å². The van der Waals surface area contributed by atoms with Crippen molar-refractivity contribution < 1.29 is 14.3 Å². The van der Waals surface area contributed by atoms with Crippen LogP contribution in [0, 0.1) is 23.1 Å². The molecule has 0 unspecified atom stereocenters. The van der Waals surface area contributed by atoms with Crippen molar-refractivity contribution in [1.29, 1.82) is 5.26 Å². The standard InChI is InChI=1S/C34H33FN8O2S/c1-3-27-32(40(2)34-39-31(28(16-36)46-34)21-4-8-25(35)9-5-21)43-18-24(7-11-30(43)38-27)23-6-10-29(37-17-23)41-14-12-22(13-15-41)33(45)42-19-26(44)20-42/h4-11,17-18,22,26,44H,3,12-15,19-20H2,1-2H3. The first-order valence-electron chi connectivity index (χ1n) is 15.4. The van der Waals surface area contributed by atoms with Crippen LogP contribution in [0.1, 0.15) is 30.3 Å². The number of hydrogen-bond acceptors (Lipinski definition) is 9. The van der Waals surface area contributed by atoms with Crippen LogP contribution in [-0.2, 0) is 11.2 Å². The van der Waals surface area contributed by atoms with E-state index in [1.807, 2.05) is 46.9 Å². The van der Waals surface area contributed by atoms with Gasteiger partial charge in [-0.2, -0.15) is 5.26 Å². The number of nitrogens with zero attached hydrogens (tertiary/aromatic N) is 8. The van der Waals surface area contributed by atoms with Crippen molar-refractivity contribution in [3.05, 3.63) is 77.3 Å². The number of β-amino-alcohol motifs (C(OH)–C–C–N with tert-alkyl or cyclic N) is 1. The number of aromatic nitrogens is 4. The predicted molar refractivity (Wildman–Crippen MR) is 176 cm³/mol. The van der Waals surface area contributed by atoms with E-state index in [4.69, 9.17) is 15.0 Å². The highest BCUT2D eigenvalue weighted by Crippen LogP contribution is 2.37. The monoisotopic (exact) mass is 636 g/mol. The number of pyridine rings is 2. The van der Waals surface area contributed by atoms with E-state index in [0.29, 0.717) is 40.8 Å². The van der Waals surface area contributed by atoms with Gasteiger partial charge in [-0.3, -0.25) is 9.20 Å². The van der Waals surface area contributed by atoms with Crippen molar-refractivity contribution in [2.24, 2.45) is 5.92 Å². The summed E-state index contributed by atoms with van der Waals surface area (Å²) in [6, 6.07) is 16.4. The third-order valence-electron chi connectivity index (χ3n) is 8.86. The lowest BCUT2D eigenvalue weighted by atomic mass is 9.93. The van der Waals surface area contributed by atoms with Gasteiger partial charge in [0.25, 0.3) is 0 Å². The molecule has 2 aliphatic heterocycles. The summed E-state index contributed by atoms with van der Waals surface area (Å²) in [6.07, 6.45) is 5.82. The maximum atomic E-state index is 13.6. The number of carbonyl (C=O) groups is 1. The van der Waals surface area contributed by atoms with Crippen LogP contribution in [0.15, 0.2) is 60.9 Å². The van der Waals surface area contributed by atoms with Crippen LogP contribution >= 0.6 is 11.3 Å². The summed E-state index contributed by atoms with van der Waals surface area (Å²) in [5.74, 6) is 1.58. The lowest BCUT2D eigenvalue weighted by molar-refractivity contribution is -0.146. The Kier molecular flexibility index (Phi) is 7.88. The fraction of sp³-hybridized carbons (Fsp3) is 0.324. The Morgan fingerprint density at radius 2 is 1.78 bits per heavy atom. The average Bonchev–Trinajstić information content (AvgIpc) is 3.68. The van der Waals surface area contributed by atoms with Gasteiger partial charge in [0, 0.05) is 68.2 Å². The van der Waals surface area contributed by atoms with Gasteiger partial charge in [-0.25, -0.2) is 19.3 Å². The number of aliphatic hydroxyl groups is 1. The Bertz CT molecular complexity index is 1930. The number of halogens is 1. The fourth-order valence-corrected chi connectivity index (χ4v) is 7.11. The number of hydrogen-bond donors (Lipinski definition) is 1. The van der Waals surface area contributed by atoms with Crippen LogP contribution in [0.3, 0.4) is 0 Å². The van der Waals surface area contributed by atoms with Gasteiger partial charge in [0.2, 0.25) is 5.91 Å². The summed E-state index contributed by atoms with van der Waals surface area (Å²) in [5.41, 5.74) is 4.86. The second-order valence-electron chi connectivity index (χ2n) is 11.8. The molecule has 0 bridgehead atoms. The molecule has 0 spiro atoms. The molecular weight excluding hydrogens is 603 g/mol. The van der Waals surface area contributed by atoms with Crippen LogP contribution in [-0.4, -0.2) is 74.6 Å². The van der Waals surface area contributed by atoms with Gasteiger partial charge in [0.15, 0.2) is 5.13 Å². The van der Waals surface area contributed by atoms with Crippen molar-refractivity contribution in [3.63, 3.8) is 0 Å². The largest absolute Gasteiger partial charge is 0.389 e. The number of anilines is 3. The van der Waals surface area contributed by atoms with E-state index in [2.05, 4.69) is 24.0 Å². The van der Waals surface area contributed by atoms with E-state index in [0.717, 1.165) is 60.0 Å². The number of aryl methyl sites for hydroxylation is 1. The number of fused-ring (bicyclic) bond motifs is 1. The predicted octanol–water partition coefficient (Wildman–Crippen LogP) is 5.28. The molecular formula is C34H33FN8O2S. The van der Waals surface area contributed by atoms with Gasteiger partial charge in [-0.15, -0.1) is 0 Å². The molecule has 1 N–H and O–H groups in total. The number of carbonyl (C=O) groups excluding carboxylic acids is 1. The Morgan fingerprint density at radius 1 is 1.07 bits per heavy atom. The van der Waals surface area contributed by atoms with Crippen molar-refractivity contribution >= 4 is 39.7 Å². The highest BCUT2D eigenvalue weighted by atomic mass is 32.1. The van der Waals surface area contributed by atoms with Crippen LogP contribution in [0.25, 0.3) is 28.0 Å². The maximum absolute atomic E-state index is 13.6. The molecule has 46 heavy (non-hydrogen) atoms. The van der Waals surface area contributed by atoms with Gasteiger partial charge < -0.3 is 19.8 Å². The lowest BCUT2D eigenvalue weighted by Gasteiger charge is -2.40. The Morgan fingerprint density at radius 3 is 2.43 bits per heavy atom. The molecule has 0 saturated carbocycles. The Labute approximate surface area is 270 Å². The second-order valence-corrected chi connectivity index (χ2v) is 12.8. The first kappa shape index (κ1) is 29.8. The Balaban J connectivity index is 1.12. The third-order valence-corrected chi connectivity index (χ3v) is 9.90. The zero-order chi connectivity index (χ0) is 31.9. The average molecular weight is 637 g/mol. The molecule has 5 aromatic rings. The number of benzene rings is 1. The Hall–Kier alpha value is -4.86. The van der Waals surface area contributed by atoms with Crippen molar-refractivity contribution in [2.75, 3.05) is 43.0 Å². The molecule has 6 heterocycles. The maximum Gasteiger partial charge on any atom is 0.225 e. The van der Waals surface area contributed by atoms with E-state index in [1.54, 1.807) is 17.0 Å². The number of nitriles is 1. The van der Waals surface area contributed by atoms with Gasteiger partial charge in [0.05, 0.1) is 11.8 Å². The minimum absolute atomic E-state index is 0.00985. The SMILES string of the molecule is CCc1nc2ccc(-c3ccc(N4CCC(C(=O)N5CC(O)C5)CC4)nc3)cn2c1N(C)c1nc(-c2ccc(F)cc2)c(C#N)s1. The quantitative estimate of drug-likeness (QED) is 0.257. The first-order valence-corrected chi connectivity index (χ1v) is 16.2. The smallest absolute Gasteiger partial charge is 0.225 e. The molecule has 0 atom stereocenters. The van der Waals surface area contributed by atoms with Crippen molar-refractivity contribution in [3.8, 4) is 28.5 Å². The molecule has 1 aromatic carbocycles. The molecule has 10 nitrogen and oxygen atoms in total. The summed E-state index contributed by atoms with van der Waals surface area (Å²) < 4.78 is 15.6. The zero-order valence-electron chi connectivity index (χ0n) is 25.6. The minimum atomic E-state index is -0.375. The van der Waals surface area contributed by atoms with Gasteiger partial charge >= 0.3 is 0 Å². The zero-order valence-corrected chi connectivity index (χ0v) is 26.4. The van der Waals surface area contributed by atoms with Gasteiger partial charge in [-0.05, 0) is 67.8 Å². The molecule has 2 fully saturated rings. The van der Waals surface area contributed by atoms with Crippen molar-refractivity contribution in [2.45, 2.75) is 32.3 Å². The number of thiazole rings is 1. The number of piperidine rings is 1. The molecule has 2 aliphatic rings. The molecule has 2 saturated heterocycles. The second kappa shape index (κ2) is 12.2. The molecule has 12 heteroatoms. The molecule has 1 amide bonds. The number of amides is 1. The van der Waals surface area contributed by atoms with Crippen molar-refractivity contribution in [1.82, 2.24) is 24.3 Å². The number of rotatable bonds is 7. The molecule has 4 aromatic heterocycles. The summed E-state index contributed by atoms with van der Waals surface area (Å²) in [4.78, 5) is 33.5. The van der Waals surface area contributed by atoms with Crippen LogP contribution < -0.4 is 9.80 Å². The minimum Gasteiger partial charge on any atom is -0.389 e. The van der Waals surface area contributed by atoms with Crippen LogP contribution in [0.2, 0.25) is 0 Å². The highest BCUT2D eigenvalue weighted by Gasteiger charge is 2.35. The number of aliphatic hydroxyl groups excluding tert-OH is 1. The molecule has 0 radical (unpaired) electrons. The number of imidazole rings is 1. The topological polar surface area (TPSA) is 114 Å². The van der Waals surface area contributed by atoms with E-state index in [9.17, 15) is 19.6 Å². The first-order chi connectivity index (χ1) is 22.3. The summed E-state index contributed by atoms with van der Waals surface area (Å²) in [5, 5.41) is 20.0. The van der Waals surface area contributed by atoms with Crippen LogP contribution in [0.5, 0.6) is 0 Å².